The van der Waals surface area contributed by atoms with Gasteiger partial charge in [0.25, 0.3) is 0 Å². The Balaban J connectivity index is 1.81. The van der Waals surface area contributed by atoms with Crippen molar-refractivity contribution in [3.05, 3.63) is 24.3 Å². The van der Waals surface area contributed by atoms with E-state index in [0.29, 0.717) is 6.54 Å². The molecule has 1 amide bonds. The zero-order valence-electron chi connectivity index (χ0n) is 13.1. The number of rotatable bonds is 5. The fraction of sp³-hybridized carbons (Fsp3) is 0.588. The van der Waals surface area contributed by atoms with Gasteiger partial charge in [0.15, 0.2) is 0 Å². The Hall–Kier alpha value is -1.55. The predicted molar refractivity (Wildman–Crippen MR) is 85.7 cm³/mol. The van der Waals surface area contributed by atoms with E-state index in [1.165, 1.54) is 25.7 Å². The summed E-state index contributed by atoms with van der Waals surface area (Å²) in [6.45, 7) is 6.56. The number of likely N-dealkylation sites (tertiary alicyclic amines) is 1. The van der Waals surface area contributed by atoms with Crippen LogP contribution in [0.5, 0.6) is 5.75 Å². The van der Waals surface area contributed by atoms with Crippen LogP contribution in [0.4, 0.5) is 5.69 Å². The van der Waals surface area contributed by atoms with Crippen LogP contribution in [0.15, 0.2) is 24.3 Å². The van der Waals surface area contributed by atoms with E-state index in [-0.39, 0.29) is 12.0 Å². The van der Waals surface area contributed by atoms with E-state index in [9.17, 15) is 4.79 Å². The van der Waals surface area contributed by atoms with Crippen LogP contribution in [-0.4, -0.2) is 36.5 Å². The molecule has 0 aromatic heterocycles. The van der Waals surface area contributed by atoms with Crippen LogP contribution in [0.1, 0.15) is 39.5 Å². The minimum atomic E-state index is 0.0643. The number of hydrogen-bond donors (Lipinski definition) is 1. The summed E-state index contributed by atoms with van der Waals surface area (Å²) in [7, 11) is 0. The van der Waals surface area contributed by atoms with E-state index in [0.717, 1.165) is 24.5 Å². The summed E-state index contributed by atoms with van der Waals surface area (Å²) in [6, 6.07) is 7.55. The normalized spacial score (nSPS) is 16.5. The van der Waals surface area contributed by atoms with Crippen molar-refractivity contribution in [2.24, 2.45) is 0 Å². The molecular formula is C17H26N2O2. The highest BCUT2D eigenvalue weighted by atomic mass is 16.5. The van der Waals surface area contributed by atoms with Gasteiger partial charge in [0, 0.05) is 5.69 Å². The molecule has 1 heterocycles. The lowest BCUT2D eigenvalue weighted by molar-refractivity contribution is -0.117. The van der Waals surface area contributed by atoms with E-state index in [2.05, 4.69) is 10.2 Å². The number of nitrogens with zero attached hydrogens (tertiary/aromatic N) is 1. The van der Waals surface area contributed by atoms with Crippen molar-refractivity contribution in [3.63, 3.8) is 0 Å². The van der Waals surface area contributed by atoms with Crippen LogP contribution in [0, 0.1) is 0 Å². The van der Waals surface area contributed by atoms with Crippen LogP contribution in [-0.2, 0) is 4.79 Å². The minimum Gasteiger partial charge on any atom is -0.491 e. The molecule has 4 heteroatoms. The minimum absolute atomic E-state index is 0.0643. The highest BCUT2D eigenvalue weighted by molar-refractivity contribution is 5.92. The Morgan fingerprint density at radius 2 is 1.76 bits per heavy atom. The molecule has 1 aromatic carbocycles. The van der Waals surface area contributed by atoms with Gasteiger partial charge in [-0.05, 0) is 64.0 Å². The highest BCUT2D eigenvalue weighted by Crippen LogP contribution is 2.17. The summed E-state index contributed by atoms with van der Waals surface area (Å²) in [5.74, 6) is 0.893. The van der Waals surface area contributed by atoms with Crippen molar-refractivity contribution >= 4 is 11.6 Å². The smallest absolute Gasteiger partial charge is 0.238 e. The summed E-state index contributed by atoms with van der Waals surface area (Å²) in [5, 5.41) is 2.95. The fourth-order valence-electron chi connectivity index (χ4n) is 2.59. The van der Waals surface area contributed by atoms with Gasteiger partial charge in [-0.1, -0.05) is 12.8 Å². The second kappa shape index (κ2) is 8.03. The number of carbonyl (C=O) groups is 1. The number of hydrogen-bond acceptors (Lipinski definition) is 3. The van der Waals surface area contributed by atoms with E-state index in [1.54, 1.807) is 0 Å². The van der Waals surface area contributed by atoms with Gasteiger partial charge in [-0.3, -0.25) is 9.69 Å². The van der Waals surface area contributed by atoms with Gasteiger partial charge < -0.3 is 10.1 Å². The molecule has 1 aliphatic rings. The molecule has 0 radical (unpaired) electrons. The molecule has 0 spiro atoms. The standard InChI is InChI=1S/C17H26N2O2/c1-14(2)21-16-9-7-15(8-10-16)18-17(20)13-19-11-5-3-4-6-12-19/h7-10,14H,3-6,11-13H2,1-2H3,(H,18,20). The number of carbonyl (C=O) groups excluding carboxylic acids is 1. The molecule has 1 N–H and O–H groups in total. The van der Waals surface area contributed by atoms with Gasteiger partial charge >= 0.3 is 0 Å². The van der Waals surface area contributed by atoms with Crippen LogP contribution in [0.2, 0.25) is 0 Å². The molecule has 2 rings (SSSR count). The van der Waals surface area contributed by atoms with Crippen LogP contribution in [0.25, 0.3) is 0 Å². The van der Waals surface area contributed by atoms with E-state index in [4.69, 9.17) is 4.74 Å². The fourth-order valence-corrected chi connectivity index (χ4v) is 2.59. The van der Waals surface area contributed by atoms with Crippen molar-refractivity contribution in [1.29, 1.82) is 0 Å². The van der Waals surface area contributed by atoms with Crippen LogP contribution in [0.3, 0.4) is 0 Å². The first kappa shape index (κ1) is 15.8. The number of amides is 1. The molecule has 0 unspecified atom stereocenters. The maximum absolute atomic E-state index is 12.1. The molecule has 0 aliphatic carbocycles. The largest absolute Gasteiger partial charge is 0.491 e. The number of anilines is 1. The zero-order valence-corrected chi connectivity index (χ0v) is 13.1. The first-order valence-corrected chi connectivity index (χ1v) is 7.92. The Bertz CT molecular complexity index is 435. The second-order valence-electron chi connectivity index (χ2n) is 5.93. The van der Waals surface area contributed by atoms with E-state index < -0.39 is 0 Å². The molecule has 0 atom stereocenters. The Kier molecular flexibility index (Phi) is 6.05. The van der Waals surface area contributed by atoms with Gasteiger partial charge in [-0.15, -0.1) is 0 Å². The molecule has 0 bridgehead atoms. The van der Waals surface area contributed by atoms with Crippen LogP contribution < -0.4 is 10.1 Å². The van der Waals surface area contributed by atoms with Gasteiger partial charge in [0.2, 0.25) is 5.91 Å². The zero-order chi connectivity index (χ0) is 15.1. The number of nitrogens with one attached hydrogen (secondary N) is 1. The first-order chi connectivity index (χ1) is 10.1. The Morgan fingerprint density at radius 1 is 1.14 bits per heavy atom. The number of ether oxygens (including phenoxy) is 1. The van der Waals surface area contributed by atoms with Crippen molar-refractivity contribution in [2.45, 2.75) is 45.6 Å². The molecule has 21 heavy (non-hydrogen) atoms. The van der Waals surface area contributed by atoms with Crippen molar-refractivity contribution in [1.82, 2.24) is 4.90 Å². The molecule has 1 fully saturated rings. The highest BCUT2D eigenvalue weighted by Gasteiger charge is 2.13. The maximum atomic E-state index is 12.1. The van der Waals surface area contributed by atoms with Gasteiger partial charge in [0.05, 0.1) is 12.6 Å². The van der Waals surface area contributed by atoms with E-state index >= 15 is 0 Å². The third-order valence-corrected chi connectivity index (χ3v) is 3.58. The van der Waals surface area contributed by atoms with Crippen molar-refractivity contribution < 1.29 is 9.53 Å². The third kappa shape index (κ3) is 5.76. The maximum Gasteiger partial charge on any atom is 0.238 e. The first-order valence-electron chi connectivity index (χ1n) is 7.92. The third-order valence-electron chi connectivity index (χ3n) is 3.58. The van der Waals surface area contributed by atoms with Crippen molar-refractivity contribution in [2.75, 3.05) is 25.0 Å². The quantitative estimate of drug-likeness (QED) is 0.904. The van der Waals surface area contributed by atoms with Gasteiger partial charge in [-0.2, -0.15) is 0 Å². The summed E-state index contributed by atoms with van der Waals surface area (Å²) in [4.78, 5) is 14.3. The van der Waals surface area contributed by atoms with E-state index in [1.807, 2.05) is 38.1 Å². The average molecular weight is 290 g/mol. The van der Waals surface area contributed by atoms with Gasteiger partial charge in [-0.25, -0.2) is 0 Å². The second-order valence-corrected chi connectivity index (χ2v) is 5.93. The average Bonchev–Trinajstić information content (AvgIpc) is 2.69. The SMILES string of the molecule is CC(C)Oc1ccc(NC(=O)CN2CCCCCC2)cc1. The summed E-state index contributed by atoms with van der Waals surface area (Å²) in [6.07, 6.45) is 5.14. The van der Waals surface area contributed by atoms with Crippen LogP contribution >= 0.6 is 0 Å². The number of benzene rings is 1. The predicted octanol–water partition coefficient (Wildman–Crippen LogP) is 3.29. The Morgan fingerprint density at radius 3 is 2.33 bits per heavy atom. The molecule has 0 saturated carbocycles. The summed E-state index contributed by atoms with van der Waals surface area (Å²) in [5.41, 5.74) is 0.825. The Labute approximate surface area is 127 Å². The molecule has 1 aliphatic heterocycles. The lowest BCUT2D eigenvalue weighted by Crippen LogP contribution is -2.33. The molecule has 1 aromatic rings. The lowest BCUT2D eigenvalue weighted by Gasteiger charge is -2.19. The molecule has 116 valence electrons. The topological polar surface area (TPSA) is 41.6 Å². The lowest BCUT2D eigenvalue weighted by atomic mass is 10.2. The molecule has 4 nitrogen and oxygen atoms in total. The van der Waals surface area contributed by atoms with Gasteiger partial charge in [0.1, 0.15) is 5.75 Å². The summed E-state index contributed by atoms with van der Waals surface area (Å²) < 4.78 is 5.59. The molecular weight excluding hydrogens is 264 g/mol. The summed E-state index contributed by atoms with van der Waals surface area (Å²) >= 11 is 0. The van der Waals surface area contributed by atoms with Crippen molar-refractivity contribution in [3.8, 4) is 5.75 Å². The monoisotopic (exact) mass is 290 g/mol. The molecule has 1 saturated heterocycles.